The third-order valence-corrected chi connectivity index (χ3v) is 3.97. The highest BCUT2D eigenvalue weighted by Crippen LogP contribution is 2.25. The highest BCUT2D eigenvalue weighted by molar-refractivity contribution is 6.17. The maximum Gasteiger partial charge on any atom is 0.126 e. The zero-order valence-electron chi connectivity index (χ0n) is 13.1. The quantitative estimate of drug-likeness (QED) is 0.346. The smallest absolute Gasteiger partial charge is 0.126 e. The maximum atomic E-state index is 5.95. The van der Waals surface area contributed by atoms with Gasteiger partial charge in [-0.2, -0.15) is 0 Å². The Morgan fingerprint density at radius 2 is 1.60 bits per heavy atom. The molecular formula is C18H29ClO. The van der Waals surface area contributed by atoms with Crippen LogP contribution in [0, 0.1) is 6.92 Å². The second-order valence-corrected chi connectivity index (χ2v) is 5.79. The minimum atomic E-state index is 0.522. The first kappa shape index (κ1) is 17.4. The summed E-state index contributed by atoms with van der Waals surface area (Å²) >= 11 is 5.95. The summed E-state index contributed by atoms with van der Waals surface area (Å²) in [4.78, 5) is 0. The van der Waals surface area contributed by atoms with Crippen molar-refractivity contribution in [3.63, 3.8) is 0 Å². The van der Waals surface area contributed by atoms with E-state index in [1.54, 1.807) is 0 Å². The highest BCUT2D eigenvalue weighted by atomic mass is 35.5. The topological polar surface area (TPSA) is 9.23 Å². The van der Waals surface area contributed by atoms with Gasteiger partial charge in [-0.1, -0.05) is 70.1 Å². The number of hydrogen-bond donors (Lipinski definition) is 0. The molecule has 0 amide bonds. The average molecular weight is 297 g/mol. The van der Waals surface area contributed by atoms with Gasteiger partial charge in [0.05, 0.1) is 12.5 Å². The van der Waals surface area contributed by atoms with E-state index in [2.05, 4.69) is 19.9 Å². The van der Waals surface area contributed by atoms with Gasteiger partial charge in [0, 0.05) is 5.56 Å². The van der Waals surface area contributed by atoms with Crippen molar-refractivity contribution in [2.24, 2.45) is 0 Å². The van der Waals surface area contributed by atoms with E-state index < -0.39 is 0 Å². The van der Waals surface area contributed by atoms with E-state index in [9.17, 15) is 0 Å². The highest BCUT2D eigenvalue weighted by Gasteiger charge is 2.05. The number of alkyl halides is 1. The van der Waals surface area contributed by atoms with E-state index in [0.29, 0.717) is 5.88 Å². The second-order valence-electron chi connectivity index (χ2n) is 5.52. The average Bonchev–Trinajstić information content (AvgIpc) is 2.46. The summed E-state index contributed by atoms with van der Waals surface area (Å²) < 4.78 is 5.92. The summed E-state index contributed by atoms with van der Waals surface area (Å²) in [6.07, 6.45) is 10.6. The SMILES string of the molecule is CCCCCCCCCCOc1c(C)cccc1CCl. The van der Waals surface area contributed by atoms with Crippen LogP contribution in [-0.4, -0.2) is 6.61 Å². The maximum absolute atomic E-state index is 5.95. The third kappa shape index (κ3) is 6.65. The van der Waals surface area contributed by atoms with Crippen LogP contribution in [0.25, 0.3) is 0 Å². The fraction of sp³-hybridized carbons (Fsp3) is 0.667. The van der Waals surface area contributed by atoms with Crippen LogP contribution in [0.3, 0.4) is 0 Å². The predicted octanol–water partition coefficient (Wildman–Crippen LogP) is 6.25. The largest absolute Gasteiger partial charge is 0.493 e. The molecule has 20 heavy (non-hydrogen) atoms. The molecule has 0 aromatic heterocycles. The first-order valence-electron chi connectivity index (χ1n) is 8.06. The molecule has 1 rings (SSSR count). The number of para-hydroxylation sites is 1. The molecule has 1 aromatic carbocycles. The van der Waals surface area contributed by atoms with Gasteiger partial charge in [0.1, 0.15) is 5.75 Å². The van der Waals surface area contributed by atoms with Crippen LogP contribution < -0.4 is 4.74 Å². The molecule has 0 saturated carbocycles. The molecule has 0 N–H and O–H groups in total. The Morgan fingerprint density at radius 3 is 2.25 bits per heavy atom. The molecule has 0 bridgehead atoms. The van der Waals surface area contributed by atoms with Gasteiger partial charge in [0.15, 0.2) is 0 Å². The number of unbranched alkanes of at least 4 members (excludes halogenated alkanes) is 7. The molecule has 0 radical (unpaired) electrons. The first-order chi connectivity index (χ1) is 9.79. The normalized spacial score (nSPS) is 10.8. The number of benzene rings is 1. The van der Waals surface area contributed by atoms with Crippen molar-refractivity contribution in [3.8, 4) is 5.75 Å². The molecule has 0 spiro atoms. The molecule has 0 atom stereocenters. The van der Waals surface area contributed by atoms with Crippen LogP contribution in [0.15, 0.2) is 18.2 Å². The van der Waals surface area contributed by atoms with E-state index in [-0.39, 0.29) is 0 Å². The lowest BCUT2D eigenvalue weighted by molar-refractivity contribution is 0.300. The molecule has 1 nitrogen and oxygen atoms in total. The van der Waals surface area contributed by atoms with Gasteiger partial charge < -0.3 is 4.74 Å². The van der Waals surface area contributed by atoms with Crippen molar-refractivity contribution in [1.29, 1.82) is 0 Å². The molecular weight excluding hydrogens is 268 g/mol. The lowest BCUT2D eigenvalue weighted by Crippen LogP contribution is -2.01. The van der Waals surface area contributed by atoms with E-state index in [1.807, 2.05) is 12.1 Å². The van der Waals surface area contributed by atoms with Gasteiger partial charge in [-0.25, -0.2) is 0 Å². The Kier molecular flexibility index (Phi) is 9.57. The van der Waals surface area contributed by atoms with Gasteiger partial charge in [-0.3, -0.25) is 0 Å². The van der Waals surface area contributed by atoms with Crippen LogP contribution >= 0.6 is 11.6 Å². The number of aryl methyl sites for hydroxylation is 1. The summed E-state index contributed by atoms with van der Waals surface area (Å²) in [7, 11) is 0. The van der Waals surface area contributed by atoms with Gasteiger partial charge in [-0.15, -0.1) is 11.6 Å². The zero-order valence-corrected chi connectivity index (χ0v) is 13.8. The summed E-state index contributed by atoms with van der Waals surface area (Å²) in [5.41, 5.74) is 2.29. The molecule has 2 heteroatoms. The Morgan fingerprint density at radius 1 is 0.950 bits per heavy atom. The van der Waals surface area contributed by atoms with Crippen LogP contribution in [0.4, 0.5) is 0 Å². The Bertz CT molecular complexity index is 362. The fourth-order valence-electron chi connectivity index (χ4n) is 2.44. The Balaban J connectivity index is 2.12. The predicted molar refractivity (Wildman–Crippen MR) is 88.8 cm³/mol. The fourth-order valence-corrected chi connectivity index (χ4v) is 2.65. The van der Waals surface area contributed by atoms with Crippen LogP contribution in [0.5, 0.6) is 5.75 Å². The van der Waals surface area contributed by atoms with E-state index in [4.69, 9.17) is 16.3 Å². The van der Waals surface area contributed by atoms with Crippen molar-refractivity contribution in [2.75, 3.05) is 6.61 Å². The standard InChI is InChI=1S/C18H29ClO/c1-3-4-5-6-7-8-9-10-14-20-18-16(2)12-11-13-17(18)15-19/h11-13H,3-10,14-15H2,1-2H3. The van der Waals surface area contributed by atoms with Gasteiger partial charge in [-0.05, 0) is 18.9 Å². The molecule has 0 fully saturated rings. The van der Waals surface area contributed by atoms with E-state index in [0.717, 1.165) is 24.3 Å². The van der Waals surface area contributed by atoms with Gasteiger partial charge >= 0.3 is 0 Å². The molecule has 114 valence electrons. The molecule has 1 aromatic rings. The van der Waals surface area contributed by atoms with Crippen LogP contribution in [0.1, 0.15) is 69.4 Å². The van der Waals surface area contributed by atoms with E-state index >= 15 is 0 Å². The number of hydrogen-bond acceptors (Lipinski definition) is 1. The number of halogens is 1. The Hall–Kier alpha value is -0.690. The Labute approximate surface area is 129 Å². The third-order valence-electron chi connectivity index (χ3n) is 3.68. The zero-order chi connectivity index (χ0) is 14.6. The molecule has 0 unspecified atom stereocenters. The minimum absolute atomic E-state index is 0.522. The first-order valence-corrected chi connectivity index (χ1v) is 8.60. The molecule has 0 aliphatic heterocycles. The number of ether oxygens (including phenoxy) is 1. The minimum Gasteiger partial charge on any atom is -0.493 e. The summed E-state index contributed by atoms with van der Waals surface area (Å²) in [6, 6.07) is 6.17. The van der Waals surface area contributed by atoms with Crippen molar-refractivity contribution in [3.05, 3.63) is 29.3 Å². The van der Waals surface area contributed by atoms with Crippen molar-refractivity contribution < 1.29 is 4.74 Å². The van der Waals surface area contributed by atoms with Gasteiger partial charge in [0.25, 0.3) is 0 Å². The van der Waals surface area contributed by atoms with Crippen LogP contribution in [-0.2, 0) is 5.88 Å². The van der Waals surface area contributed by atoms with Crippen molar-refractivity contribution >= 4 is 11.6 Å². The monoisotopic (exact) mass is 296 g/mol. The summed E-state index contributed by atoms with van der Waals surface area (Å²) in [6.45, 7) is 5.15. The van der Waals surface area contributed by atoms with Crippen molar-refractivity contribution in [1.82, 2.24) is 0 Å². The van der Waals surface area contributed by atoms with Crippen LogP contribution in [0.2, 0.25) is 0 Å². The van der Waals surface area contributed by atoms with Crippen molar-refractivity contribution in [2.45, 2.75) is 71.1 Å². The van der Waals surface area contributed by atoms with Gasteiger partial charge in [0.2, 0.25) is 0 Å². The molecule has 0 aliphatic carbocycles. The summed E-state index contributed by atoms with van der Waals surface area (Å²) in [5, 5.41) is 0. The lowest BCUT2D eigenvalue weighted by Gasteiger charge is -2.12. The molecule has 0 aliphatic rings. The lowest BCUT2D eigenvalue weighted by atomic mass is 10.1. The summed E-state index contributed by atoms with van der Waals surface area (Å²) in [5.74, 6) is 1.51. The molecule has 0 heterocycles. The number of rotatable bonds is 11. The van der Waals surface area contributed by atoms with E-state index in [1.165, 1.54) is 50.5 Å². The molecule has 0 saturated heterocycles. The second kappa shape index (κ2) is 11.0.